The van der Waals surface area contributed by atoms with Gasteiger partial charge in [-0.05, 0) is 31.9 Å². The van der Waals surface area contributed by atoms with Gasteiger partial charge >= 0.3 is 0 Å². The van der Waals surface area contributed by atoms with Crippen molar-refractivity contribution < 1.29 is 9.32 Å². The molecular weight excluding hydrogens is 354 g/mol. The second-order valence-electron chi connectivity index (χ2n) is 7.02. The molecule has 0 N–H and O–H groups in total. The molecule has 28 heavy (non-hydrogen) atoms. The van der Waals surface area contributed by atoms with Crippen molar-refractivity contribution in [3.05, 3.63) is 59.6 Å². The fourth-order valence-electron chi connectivity index (χ4n) is 3.75. The third kappa shape index (κ3) is 3.52. The number of nitrogens with zero attached hydrogens (tertiary/aromatic N) is 5. The Hall–Kier alpha value is -3.09. The summed E-state index contributed by atoms with van der Waals surface area (Å²) in [6, 6.07) is 6.12. The Morgan fingerprint density at radius 1 is 1.25 bits per heavy atom. The van der Waals surface area contributed by atoms with Crippen molar-refractivity contribution >= 4 is 5.91 Å². The highest BCUT2D eigenvalue weighted by atomic mass is 16.5. The summed E-state index contributed by atoms with van der Waals surface area (Å²) in [5, 5.41) is 4.09. The summed E-state index contributed by atoms with van der Waals surface area (Å²) in [7, 11) is 0. The van der Waals surface area contributed by atoms with Crippen LogP contribution in [0.3, 0.4) is 0 Å². The highest BCUT2D eigenvalue weighted by Crippen LogP contribution is 2.31. The van der Waals surface area contributed by atoms with Crippen LogP contribution in [0, 0.1) is 6.92 Å². The van der Waals surface area contributed by atoms with Crippen molar-refractivity contribution in [3.63, 3.8) is 0 Å². The molecule has 0 unspecified atom stereocenters. The van der Waals surface area contributed by atoms with Crippen molar-refractivity contribution in [1.29, 1.82) is 0 Å². The lowest BCUT2D eigenvalue weighted by molar-refractivity contribution is 0.0705. The van der Waals surface area contributed by atoms with Crippen LogP contribution in [0.2, 0.25) is 0 Å². The van der Waals surface area contributed by atoms with E-state index in [1.165, 1.54) is 6.20 Å². The molecule has 0 bridgehead atoms. The normalized spacial score (nSPS) is 15.0. The van der Waals surface area contributed by atoms with E-state index in [1.54, 1.807) is 12.4 Å². The standard InChI is InChI=1S/C21H23N5O2/c1-3-19-20(14(2)25-28-19)17-6-4-5-16(24-17)15-7-11-26(12-8-15)21(27)18-13-22-9-10-23-18/h4-6,9-10,13,15H,3,7-8,11-12H2,1-2H3. The molecular formula is C21H23N5O2. The van der Waals surface area contributed by atoms with Crippen molar-refractivity contribution in [2.24, 2.45) is 0 Å². The molecule has 3 aromatic rings. The zero-order valence-corrected chi connectivity index (χ0v) is 16.1. The monoisotopic (exact) mass is 377 g/mol. The second-order valence-corrected chi connectivity index (χ2v) is 7.02. The van der Waals surface area contributed by atoms with Crippen LogP contribution in [-0.2, 0) is 6.42 Å². The smallest absolute Gasteiger partial charge is 0.274 e. The lowest BCUT2D eigenvalue weighted by Gasteiger charge is -2.31. The summed E-state index contributed by atoms with van der Waals surface area (Å²) in [4.78, 5) is 27.4. The molecule has 1 aliphatic rings. The maximum absolute atomic E-state index is 12.6. The zero-order valence-electron chi connectivity index (χ0n) is 16.1. The highest BCUT2D eigenvalue weighted by Gasteiger charge is 2.26. The van der Waals surface area contributed by atoms with E-state index in [4.69, 9.17) is 9.51 Å². The van der Waals surface area contributed by atoms with Crippen LogP contribution < -0.4 is 0 Å². The van der Waals surface area contributed by atoms with Gasteiger partial charge in [0, 0.05) is 43.5 Å². The number of rotatable bonds is 4. The molecule has 4 heterocycles. The maximum atomic E-state index is 12.6. The van der Waals surface area contributed by atoms with Gasteiger partial charge in [-0.1, -0.05) is 18.1 Å². The molecule has 0 aliphatic carbocycles. The van der Waals surface area contributed by atoms with E-state index in [2.05, 4.69) is 28.1 Å². The van der Waals surface area contributed by atoms with Gasteiger partial charge in [-0.25, -0.2) is 4.98 Å². The average molecular weight is 377 g/mol. The quantitative estimate of drug-likeness (QED) is 0.693. The second kappa shape index (κ2) is 7.88. The van der Waals surface area contributed by atoms with Gasteiger partial charge < -0.3 is 9.42 Å². The number of aromatic nitrogens is 4. The third-order valence-electron chi connectivity index (χ3n) is 5.26. The SMILES string of the molecule is CCc1onc(C)c1-c1cccc(C2CCN(C(=O)c3cnccn3)CC2)n1. The summed E-state index contributed by atoms with van der Waals surface area (Å²) in [6.45, 7) is 5.39. The predicted octanol–water partition coefficient (Wildman–Crippen LogP) is 3.42. The molecule has 3 aromatic heterocycles. The largest absolute Gasteiger partial charge is 0.360 e. The first-order valence-corrected chi connectivity index (χ1v) is 9.65. The van der Waals surface area contributed by atoms with E-state index >= 15 is 0 Å². The molecule has 144 valence electrons. The summed E-state index contributed by atoms with van der Waals surface area (Å²) < 4.78 is 5.42. The summed E-state index contributed by atoms with van der Waals surface area (Å²) in [5.74, 6) is 1.14. The Labute approximate surface area is 163 Å². The predicted molar refractivity (Wildman–Crippen MR) is 104 cm³/mol. The van der Waals surface area contributed by atoms with Crippen LogP contribution in [0.25, 0.3) is 11.3 Å². The highest BCUT2D eigenvalue weighted by molar-refractivity contribution is 5.92. The van der Waals surface area contributed by atoms with Gasteiger partial charge in [-0.2, -0.15) is 0 Å². The molecule has 0 spiro atoms. The number of hydrogen-bond acceptors (Lipinski definition) is 6. The molecule has 7 heteroatoms. The van der Waals surface area contributed by atoms with Gasteiger partial charge in [0.15, 0.2) is 0 Å². The Morgan fingerprint density at radius 3 is 2.79 bits per heavy atom. The molecule has 0 saturated carbocycles. The van der Waals surface area contributed by atoms with Gasteiger partial charge in [-0.15, -0.1) is 0 Å². The number of likely N-dealkylation sites (tertiary alicyclic amines) is 1. The average Bonchev–Trinajstić information content (AvgIpc) is 3.14. The Morgan fingerprint density at radius 2 is 2.07 bits per heavy atom. The fourth-order valence-corrected chi connectivity index (χ4v) is 3.75. The number of piperidine rings is 1. The van der Waals surface area contributed by atoms with Crippen LogP contribution in [0.1, 0.15) is 53.3 Å². The molecule has 1 amide bonds. The summed E-state index contributed by atoms with van der Waals surface area (Å²) in [5.41, 5.74) is 4.24. The van der Waals surface area contributed by atoms with E-state index in [0.29, 0.717) is 24.7 Å². The Balaban J connectivity index is 1.48. The first-order valence-electron chi connectivity index (χ1n) is 9.65. The minimum atomic E-state index is -0.0547. The van der Waals surface area contributed by atoms with Gasteiger partial charge in [0.25, 0.3) is 5.91 Å². The molecule has 1 fully saturated rings. The number of pyridine rings is 1. The molecule has 4 rings (SSSR count). The van der Waals surface area contributed by atoms with Crippen molar-refractivity contribution in [3.8, 4) is 11.3 Å². The van der Waals surface area contributed by atoms with E-state index in [-0.39, 0.29) is 5.91 Å². The van der Waals surface area contributed by atoms with E-state index in [1.807, 2.05) is 24.0 Å². The molecule has 0 aromatic carbocycles. The van der Waals surface area contributed by atoms with Gasteiger partial charge in [0.2, 0.25) is 0 Å². The molecule has 1 saturated heterocycles. The van der Waals surface area contributed by atoms with Gasteiger partial charge in [0.05, 0.1) is 23.1 Å². The van der Waals surface area contributed by atoms with Crippen molar-refractivity contribution in [2.75, 3.05) is 13.1 Å². The Bertz CT molecular complexity index is 962. The summed E-state index contributed by atoms with van der Waals surface area (Å²) >= 11 is 0. The first kappa shape index (κ1) is 18.3. The lowest BCUT2D eigenvalue weighted by Crippen LogP contribution is -2.38. The third-order valence-corrected chi connectivity index (χ3v) is 5.26. The van der Waals surface area contributed by atoms with Gasteiger partial charge in [0.1, 0.15) is 11.5 Å². The topological polar surface area (TPSA) is 85.0 Å². The van der Waals surface area contributed by atoms with E-state index in [0.717, 1.165) is 47.7 Å². The van der Waals surface area contributed by atoms with Crippen LogP contribution in [-0.4, -0.2) is 44.0 Å². The molecule has 0 radical (unpaired) electrons. The fraction of sp³-hybridized carbons (Fsp3) is 0.381. The maximum Gasteiger partial charge on any atom is 0.274 e. The Kier molecular flexibility index (Phi) is 5.14. The minimum absolute atomic E-state index is 0.0547. The molecule has 1 aliphatic heterocycles. The number of aryl methyl sites for hydroxylation is 2. The van der Waals surface area contributed by atoms with Crippen molar-refractivity contribution in [1.82, 2.24) is 25.0 Å². The van der Waals surface area contributed by atoms with Crippen LogP contribution in [0.4, 0.5) is 0 Å². The number of carbonyl (C=O) groups excluding carboxylic acids is 1. The van der Waals surface area contributed by atoms with E-state index < -0.39 is 0 Å². The molecule has 7 nitrogen and oxygen atoms in total. The van der Waals surface area contributed by atoms with Crippen LogP contribution in [0.5, 0.6) is 0 Å². The van der Waals surface area contributed by atoms with E-state index in [9.17, 15) is 4.79 Å². The summed E-state index contributed by atoms with van der Waals surface area (Å²) in [6.07, 6.45) is 7.18. The number of hydrogen-bond donors (Lipinski definition) is 0. The number of amides is 1. The molecule has 0 atom stereocenters. The van der Waals surface area contributed by atoms with Crippen LogP contribution in [0.15, 0.2) is 41.3 Å². The lowest BCUT2D eigenvalue weighted by atomic mass is 9.92. The first-order chi connectivity index (χ1) is 13.7. The van der Waals surface area contributed by atoms with Gasteiger partial charge in [-0.3, -0.25) is 14.8 Å². The minimum Gasteiger partial charge on any atom is -0.360 e. The van der Waals surface area contributed by atoms with Crippen LogP contribution >= 0.6 is 0 Å². The number of carbonyl (C=O) groups is 1. The van der Waals surface area contributed by atoms with Crippen molar-refractivity contribution in [2.45, 2.75) is 39.0 Å². The zero-order chi connectivity index (χ0) is 19.5.